The number of aromatic nitrogens is 1. The third kappa shape index (κ3) is 5.16. The highest BCUT2D eigenvalue weighted by molar-refractivity contribution is 7.90. The highest BCUT2D eigenvalue weighted by Gasteiger charge is 2.18. The fourth-order valence-corrected chi connectivity index (χ4v) is 4.67. The number of nitro benzene ring substituents is 1. The first-order chi connectivity index (χ1) is 13.8. The number of hydrogen-bond acceptors (Lipinski definition) is 9. The molecule has 152 valence electrons. The van der Waals surface area contributed by atoms with Gasteiger partial charge in [-0.25, -0.2) is 13.4 Å². The Balaban J connectivity index is 1.58. The molecule has 1 amide bonds. The zero-order chi connectivity index (χ0) is 21.0. The lowest BCUT2D eigenvalue weighted by molar-refractivity contribution is -0.384. The molecule has 0 unspecified atom stereocenters. The molecular weight excluding hydrogens is 436 g/mol. The molecule has 0 aliphatic carbocycles. The van der Waals surface area contributed by atoms with Crippen LogP contribution < -0.4 is 10.6 Å². The molecule has 0 fully saturated rings. The van der Waals surface area contributed by atoms with Crippen LogP contribution in [0.3, 0.4) is 0 Å². The summed E-state index contributed by atoms with van der Waals surface area (Å²) in [5.74, 6) is -0.283. The number of nitro groups is 1. The number of carbonyl (C=O) groups excluding carboxylic acids is 1. The van der Waals surface area contributed by atoms with Crippen LogP contribution in [0.1, 0.15) is 9.67 Å². The molecule has 9 nitrogen and oxygen atoms in total. The molecule has 2 aromatic heterocycles. The Morgan fingerprint density at radius 1 is 1.28 bits per heavy atom. The van der Waals surface area contributed by atoms with Crippen molar-refractivity contribution in [1.29, 1.82) is 0 Å². The second-order valence-corrected chi connectivity index (χ2v) is 9.89. The van der Waals surface area contributed by atoms with Crippen molar-refractivity contribution in [1.82, 2.24) is 10.3 Å². The van der Waals surface area contributed by atoms with Gasteiger partial charge in [0.25, 0.3) is 11.6 Å². The molecule has 0 aliphatic heterocycles. The normalized spacial score (nSPS) is 11.2. The predicted molar refractivity (Wildman–Crippen MR) is 112 cm³/mol. The fourth-order valence-electron chi connectivity index (χ4n) is 2.40. The number of sulfone groups is 1. The van der Waals surface area contributed by atoms with Gasteiger partial charge in [0.05, 0.1) is 20.9 Å². The summed E-state index contributed by atoms with van der Waals surface area (Å²) < 4.78 is 23.1. The van der Waals surface area contributed by atoms with E-state index in [1.165, 1.54) is 41.0 Å². The average molecular weight is 453 g/mol. The summed E-state index contributed by atoms with van der Waals surface area (Å²) in [6.45, 7) is 0.442. The molecule has 0 saturated carbocycles. The molecule has 0 aliphatic rings. The van der Waals surface area contributed by atoms with Gasteiger partial charge in [-0.3, -0.25) is 14.9 Å². The summed E-state index contributed by atoms with van der Waals surface area (Å²) in [6, 6.07) is 7.49. The Labute approximate surface area is 174 Å². The number of nitrogens with zero attached hydrogens (tertiary/aromatic N) is 2. The molecule has 2 N–H and O–H groups in total. The number of hydrogen-bond donors (Lipinski definition) is 2. The summed E-state index contributed by atoms with van der Waals surface area (Å²) in [5, 5.41) is 19.5. The molecule has 12 heteroatoms. The molecule has 0 radical (unpaired) electrons. The molecule has 3 aromatic rings. The number of anilines is 1. The van der Waals surface area contributed by atoms with Crippen LogP contribution in [0.4, 0.5) is 11.4 Å². The number of carbonyl (C=O) groups is 1. The van der Waals surface area contributed by atoms with Crippen LogP contribution in [0.25, 0.3) is 9.88 Å². The Morgan fingerprint density at radius 2 is 2.07 bits per heavy atom. The highest BCUT2D eigenvalue weighted by atomic mass is 32.2. The van der Waals surface area contributed by atoms with Gasteiger partial charge in [0.1, 0.15) is 15.6 Å². The molecule has 1 aromatic carbocycles. The molecule has 2 heterocycles. The minimum Gasteiger partial charge on any atom is -0.378 e. The van der Waals surface area contributed by atoms with E-state index in [1.54, 1.807) is 0 Å². The van der Waals surface area contributed by atoms with Crippen LogP contribution in [0, 0.1) is 10.1 Å². The summed E-state index contributed by atoms with van der Waals surface area (Å²) in [5.41, 5.74) is -0.170. The third-order valence-corrected chi connectivity index (χ3v) is 6.93. The molecule has 29 heavy (non-hydrogen) atoms. The Kier molecular flexibility index (Phi) is 6.25. The van der Waals surface area contributed by atoms with Gasteiger partial charge >= 0.3 is 0 Å². The third-order valence-electron chi connectivity index (χ3n) is 3.78. The second-order valence-electron chi connectivity index (χ2n) is 5.90. The molecular formula is C17H16N4O5S3. The molecule has 0 atom stereocenters. The molecule has 3 rings (SSSR count). The van der Waals surface area contributed by atoms with Crippen LogP contribution in [0.2, 0.25) is 0 Å². The van der Waals surface area contributed by atoms with Crippen molar-refractivity contribution in [2.75, 3.05) is 24.7 Å². The van der Waals surface area contributed by atoms with Gasteiger partial charge in [-0.1, -0.05) is 6.07 Å². The lowest BCUT2D eigenvalue weighted by Gasteiger charge is -2.09. The predicted octanol–water partition coefficient (Wildman–Crippen LogP) is 3.03. The number of rotatable bonds is 8. The number of nitrogens with one attached hydrogen (secondary N) is 2. The number of amides is 1. The van der Waals surface area contributed by atoms with Crippen molar-refractivity contribution in [2.24, 2.45) is 0 Å². The summed E-state index contributed by atoms with van der Waals surface area (Å²) >= 11 is 2.82. The van der Waals surface area contributed by atoms with Crippen LogP contribution in [0.5, 0.6) is 0 Å². The number of benzene rings is 1. The first kappa shape index (κ1) is 20.9. The van der Waals surface area contributed by atoms with E-state index in [1.807, 2.05) is 17.5 Å². The van der Waals surface area contributed by atoms with Crippen LogP contribution in [-0.4, -0.2) is 43.6 Å². The zero-order valence-electron chi connectivity index (χ0n) is 15.1. The van der Waals surface area contributed by atoms with E-state index in [-0.39, 0.29) is 35.3 Å². The smallest absolute Gasteiger partial charge is 0.293 e. The standard InChI is InChI=1S/C17H16N4O5S3/c1-29(25,26)11-4-5-12(13(9-11)21(23)24)18-6-7-19-16(22)15-10-20-17(28-15)14-3-2-8-27-14/h2-5,8-10,18H,6-7H2,1H3,(H,19,22). The minimum absolute atomic E-state index is 0.130. The Hall–Kier alpha value is -2.83. The SMILES string of the molecule is CS(=O)(=O)c1ccc(NCCNC(=O)c2cnc(-c3cccs3)s2)c([N+](=O)[O-])c1. The van der Waals surface area contributed by atoms with Crippen molar-refractivity contribution in [3.05, 3.63) is 56.9 Å². The maximum Gasteiger partial charge on any atom is 0.293 e. The summed E-state index contributed by atoms with van der Waals surface area (Å²) in [7, 11) is -3.55. The lowest BCUT2D eigenvalue weighted by atomic mass is 10.2. The summed E-state index contributed by atoms with van der Waals surface area (Å²) in [6.07, 6.45) is 2.50. The van der Waals surface area contributed by atoms with E-state index in [2.05, 4.69) is 15.6 Å². The lowest BCUT2D eigenvalue weighted by Crippen LogP contribution is -2.28. The monoisotopic (exact) mass is 452 g/mol. The molecule has 0 spiro atoms. The van der Waals surface area contributed by atoms with Crippen LogP contribution in [-0.2, 0) is 9.84 Å². The largest absolute Gasteiger partial charge is 0.378 e. The van der Waals surface area contributed by atoms with Crippen molar-refractivity contribution in [2.45, 2.75) is 4.90 Å². The Morgan fingerprint density at radius 3 is 2.72 bits per heavy atom. The zero-order valence-corrected chi connectivity index (χ0v) is 17.6. The number of thiazole rings is 1. The molecule has 0 saturated heterocycles. The van der Waals surface area contributed by atoms with Gasteiger partial charge < -0.3 is 10.6 Å². The maximum atomic E-state index is 12.2. The maximum absolute atomic E-state index is 12.2. The molecule has 0 bridgehead atoms. The van der Waals surface area contributed by atoms with Crippen LogP contribution in [0.15, 0.2) is 46.8 Å². The van der Waals surface area contributed by atoms with E-state index < -0.39 is 14.8 Å². The second kappa shape index (κ2) is 8.68. The van der Waals surface area contributed by atoms with E-state index in [0.717, 1.165) is 22.2 Å². The van der Waals surface area contributed by atoms with Gasteiger partial charge in [-0.2, -0.15) is 0 Å². The minimum atomic E-state index is -3.55. The highest BCUT2D eigenvalue weighted by Crippen LogP contribution is 2.29. The first-order valence-corrected chi connectivity index (χ1v) is 11.8. The van der Waals surface area contributed by atoms with Crippen LogP contribution >= 0.6 is 22.7 Å². The van der Waals surface area contributed by atoms with Crippen molar-refractivity contribution in [3.8, 4) is 9.88 Å². The fraction of sp³-hybridized carbons (Fsp3) is 0.176. The van der Waals surface area contributed by atoms with E-state index in [4.69, 9.17) is 0 Å². The van der Waals surface area contributed by atoms with Crippen molar-refractivity contribution in [3.63, 3.8) is 0 Å². The van der Waals surface area contributed by atoms with E-state index in [9.17, 15) is 23.3 Å². The van der Waals surface area contributed by atoms with Crippen molar-refractivity contribution < 1.29 is 18.1 Å². The summed E-state index contributed by atoms with van der Waals surface area (Å²) in [4.78, 5) is 28.4. The quantitative estimate of drug-likeness (QED) is 0.305. The Bertz CT molecular complexity index is 1140. The first-order valence-electron chi connectivity index (χ1n) is 8.26. The average Bonchev–Trinajstić information content (AvgIpc) is 3.35. The van der Waals surface area contributed by atoms with E-state index in [0.29, 0.717) is 4.88 Å². The topological polar surface area (TPSA) is 131 Å². The van der Waals surface area contributed by atoms with Gasteiger partial charge in [0, 0.05) is 25.4 Å². The van der Waals surface area contributed by atoms with E-state index >= 15 is 0 Å². The van der Waals surface area contributed by atoms with Crippen molar-refractivity contribution >= 4 is 49.8 Å². The van der Waals surface area contributed by atoms with Gasteiger partial charge in [-0.05, 0) is 23.6 Å². The number of thiophene rings is 1. The van der Waals surface area contributed by atoms with Gasteiger partial charge in [0.15, 0.2) is 9.84 Å². The van der Waals surface area contributed by atoms with Gasteiger partial charge in [-0.15, -0.1) is 22.7 Å². The van der Waals surface area contributed by atoms with Gasteiger partial charge in [0.2, 0.25) is 0 Å².